The van der Waals surface area contributed by atoms with Gasteiger partial charge in [-0.15, -0.1) is 11.8 Å². The number of anilines is 1. The Labute approximate surface area is 242 Å². The second-order valence-electron chi connectivity index (χ2n) is 9.77. The topological polar surface area (TPSA) is 142 Å². The molecule has 1 aliphatic heterocycles. The minimum atomic E-state index is -0.969. The summed E-state index contributed by atoms with van der Waals surface area (Å²) in [5, 5.41) is 30.2. The van der Waals surface area contributed by atoms with Crippen LogP contribution in [0.15, 0.2) is 77.7 Å². The molecule has 1 amide bonds. The van der Waals surface area contributed by atoms with Crippen LogP contribution in [-0.2, 0) is 25.7 Å². The lowest BCUT2D eigenvalue weighted by molar-refractivity contribution is -0.245. The lowest BCUT2D eigenvalue weighted by Gasteiger charge is -2.36. The van der Waals surface area contributed by atoms with Crippen molar-refractivity contribution in [3.63, 3.8) is 0 Å². The van der Waals surface area contributed by atoms with Crippen molar-refractivity contribution in [1.29, 1.82) is 0 Å². The minimum Gasteiger partial charge on any atom is -0.481 e. The van der Waals surface area contributed by atoms with Gasteiger partial charge in [-0.2, -0.15) is 0 Å². The monoisotopic (exact) mass is 579 g/mol. The van der Waals surface area contributed by atoms with E-state index in [-0.39, 0.29) is 43.1 Å². The van der Waals surface area contributed by atoms with Gasteiger partial charge in [-0.3, -0.25) is 9.59 Å². The second kappa shape index (κ2) is 14.8. The standard InChI is InChI=1S/C31H33NO8S/c33-18-20-8-10-21(11-9-20)27-17-25(19-41-26-14-12-22(13-15-26)30(37)38)39-31(40-27)23-4-3-5-24(16-23)32-28(34)6-1-2-7-29(35)36/h3-5,8-16,25,27,31,33H,1-2,6-7,17-19H2,(H,32,34)(H,35,36)(H,37,38). The SMILES string of the molecule is O=C(O)CCCCC(=O)Nc1cccc(C2OC(CSc3ccc(C(=O)O)cc3)CC(c3ccc(CO)cc3)O2)c1. The van der Waals surface area contributed by atoms with Gasteiger partial charge in [-0.1, -0.05) is 36.4 Å². The van der Waals surface area contributed by atoms with Gasteiger partial charge < -0.3 is 30.1 Å². The van der Waals surface area contributed by atoms with Gasteiger partial charge in [0.25, 0.3) is 0 Å². The van der Waals surface area contributed by atoms with Crippen LogP contribution >= 0.6 is 11.8 Å². The molecule has 216 valence electrons. The number of carbonyl (C=O) groups excluding carboxylic acids is 1. The number of hydrogen-bond donors (Lipinski definition) is 4. The van der Waals surface area contributed by atoms with Gasteiger partial charge in [0, 0.05) is 41.2 Å². The number of aromatic carboxylic acids is 1. The van der Waals surface area contributed by atoms with E-state index in [2.05, 4.69) is 5.32 Å². The molecule has 1 aliphatic rings. The molecule has 0 spiro atoms. The van der Waals surface area contributed by atoms with Crippen molar-refractivity contribution < 1.29 is 39.2 Å². The Balaban J connectivity index is 1.46. The average Bonchev–Trinajstić information content (AvgIpc) is 2.98. The number of rotatable bonds is 13. The number of benzene rings is 3. The summed E-state index contributed by atoms with van der Waals surface area (Å²) in [6.45, 7) is -0.0461. The van der Waals surface area contributed by atoms with Gasteiger partial charge in [0.2, 0.25) is 5.91 Å². The lowest BCUT2D eigenvalue weighted by atomic mass is 10.0. The fraction of sp³-hybridized carbons (Fsp3) is 0.323. The second-order valence-corrected chi connectivity index (χ2v) is 10.9. The average molecular weight is 580 g/mol. The molecule has 1 saturated heterocycles. The molecular formula is C31H33NO8S. The fourth-order valence-electron chi connectivity index (χ4n) is 4.45. The van der Waals surface area contributed by atoms with Crippen LogP contribution in [0.2, 0.25) is 0 Å². The van der Waals surface area contributed by atoms with Crippen molar-refractivity contribution in [2.24, 2.45) is 0 Å². The first-order valence-electron chi connectivity index (χ1n) is 13.4. The minimum absolute atomic E-state index is 0.0378. The van der Waals surface area contributed by atoms with Crippen molar-refractivity contribution in [3.8, 4) is 0 Å². The quantitative estimate of drug-likeness (QED) is 0.146. The van der Waals surface area contributed by atoms with E-state index in [0.717, 1.165) is 21.6 Å². The zero-order chi connectivity index (χ0) is 29.2. The molecular weight excluding hydrogens is 546 g/mol. The van der Waals surface area contributed by atoms with E-state index in [9.17, 15) is 19.5 Å². The van der Waals surface area contributed by atoms with Crippen LogP contribution in [0, 0.1) is 0 Å². The third-order valence-corrected chi connectivity index (χ3v) is 7.78. The van der Waals surface area contributed by atoms with Gasteiger partial charge in [0.1, 0.15) is 0 Å². The molecule has 0 aromatic heterocycles. The van der Waals surface area contributed by atoms with Crippen molar-refractivity contribution in [2.45, 2.75) is 62.1 Å². The van der Waals surface area contributed by atoms with Crippen LogP contribution in [0.3, 0.4) is 0 Å². The number of thioether (sulfide) groups is 1. The highest BCUT2D eigenvalue weighted by atomic mass is 32.2. The molecule has 0 saturated carbocycles. The first kappa shape index (κ1) is 30.3. The molecule has 0 bridgehead atoms. The zero-order valence-electron chi connectivity index (χ0n) is 22.4. The molecule has 1 fully saturated rings. The fourth-order valence-corrected chi connectivity index (χ4v) is 5.38. The molecule has 0 aliphatic carbocycles. The third-order valence-electron chi connectivity index (χ3n) is 6.64. The highest BCUT2D eigenvalue weighted by Crippen LogP contribution is 2.40. The Kier molecular flexibility index (Phi) is 10.9. The van der Waals surface area contributed by atoms with Crippen LogP contribution < -0.4 is 5.32 Å². The summed E-state index contributed by atoms with van der Waals surface area (Å²) < 4.78 is 12.8. The van der Waals surface area contributed by atoms with E-state index < -0.39 is 18.2 Å². The highest BCUT2D eigenvalue weighted by molar-refractivity contribution is 7.99. The summed E-state index contributed by atoms with van der Waals surface area (Å²) in [6.07, 6.45) is 0.642. The van der Waals surface area contributed by atoms with E-state index in [0.29, 0.717) is 30.7 Å². The largest absolute Gasteiger partial charge is 0.481 e. The smallest absolute Gasteiger partial charge is 0.335 e. The number of aliphatic hydroxyl groups excluding tert-OH is 1. The van der Waals surface area contributed by atoms with E-state index in [1.165, 1.54) is 0 Å². The molecule has 41 heavy (non-hydrogen) atoms. The molecule has 3 unspecified atom stereocenters. The number of carboxylic acids is 2. The lowest BCUT2D eigenvalue weighted by Crippen LogP contribution is -2.31. The number of carbonyl (C=O) groups is 3. The summed E-state index contributed by atoms with van der Waals surface area (Å²) in [4.78, 5) is 35.2. The number of unbranched alkanes of at least 4 members (excludes halogenated alkanes) is 1. The Morgan fingerprint density at radius 2 is 1.61 bits per heavy atom. The summed E-state index contributed by atoms with van der Waals surface area (Å²) in [5.74, 6) is -1.42. The number of nitrogens with one attached hydrogen (secondary N) is 1. The van der Waals surface area contributed by atoms with Crippen LogP contribution in [0.1, 0.15) is 71.5 Å². The predicted octanol–water partition coefficient (Wildman–Crippen LogP) is 5.80. The number of amides is 1. The van der Waals surface area contributed by atoms with Gasteiger partial charge in [0.15, 0.2) is 6.29 Å². The molecule has 4 N–H and O–H groups in total. The van der Waals surface area contributed by atoms with E-state index in [4.69, 9.17) is 19.7 Å². The molecule has 10 heteroatoms. The van der Waals surface area contributed by atoms with E-state index in [1.54, 1.807) is 42.1 Å². The maximum absolute atomic E-state index is 12.4. The van der Waals surface area contributed by atoms with E-state index in [1.807, 2.05) is 42.5 Å². The number of ether oxygens (including phenoxy) is 2. The van der Waals surface area contributed by atoms with Crippen LogP contribution in [0.5, 0.6) is 0 Å². The number of aliphatic hydroxyl groups is 1. The summed E-state index contributed by atoms with van der Waals surface area (Å²) in [5.41, 5.74) is 3.33. The van der Waals surface area contributed by atoms with Crippen LogP contribution in [-0.4, -0.2) is 45.0 Å². The number of hydrogen-bond acceptors (Lipinski definition) is 7. The first-order valence-corrected chi connectivity index (χ1v) is 14.4. The van der Waals surface area contributed by atoms with Crippen LogP contribution in [0.4, 0.5) is 5.69 Å². The number of carboxylic acid groups (broad SMARTS) is 2. The highest BCUT2D eigenvalue weighted by Gasteiger charge is 2.32. The van der Waals surface area contributed by atoms with Crippen LogP contribution in [0.25, 0.3) is 0 Å². The van der Waals surface area contributed by atoms with Gasteiger partial charge >= 0.3 is 11.9 Å². The number of aliphatic carboxylic acids is 1. The molecule has 3 aromatic carbocycles. The third kappa shape index (κ3) is 9.15. The Hall–Kier alpha value is -3.70. The van der Waals surface area contributed by atoms with Gasteiger partial charge in [0.05, 0.1) is 24.4 Å². The summed E-state index contributed by atoms with van der Waals surface area (Å²) in [6, 6.07) is 21.6. The molecule has 3 atom stereocenters. The maximum Gasteiger partial charge on any atom is 0.335 e. The predicted molar refractivity (Wildman–Crippen MR) is 154 cm³/mol. The molecule has 0 radical (unpaired) electrons. The zero-order valence-corrected chi connectivity index (χ0v) is 23.2. The first-order chi connectivity index (χ1) is 19.8. The molecule has 4 rings (SSSR count). The molecule has 3 aromatic rings. The van der Waals surface area contributed by atoms with Gasteiger partial charge in [-0.25, -0.2) is 4.79 Å². The van der Waals surface area contributed by atoms with Crippen molar-refractivity contribution in [1.82, 2.24) is 0 Å². The Bertz CT molecular complexity index is 1330. The maximum atomic E-state index is 12.4. The van der Waals surface area contributed by atoms with E-state index >= 15 is 0 Å². The van der Waals surface area contributed by atoms with Crippen molar-refractivity contribution >= 4 is 35.3 Å². The summed E-state index contributed by atoms with van der Waals surface area (Å²) >= 11 is 1.57. The van der Waals surface area contributed by atoms with Crippen molar-refractivity contribution in [3.05, 3.63) is 95.1 Å². The molecule has 1 heterocycles. The normalized spacial score (nSPS) is 18.5. The van der Waals surface area contributed by atoms with Gasteiger partial charge in [-0.05, 0) is 60.4 Å². The Morgan fingerprint density at radius 3 is 2.29 bits per heavy atom. The molecule has 9 nitrogen and oxygen atoms in total. The van der Waals surface area contributed by atoms with Crippen molar-refractivity contribution in [2.75, 3.05) is 11.1 Å². The Morgan fingerprint density at radius 1 is 0.878 bits per heavy atom. The summed E-state index contributed by atoms with van der Waals surface area (Å²) in [7, 11) is 0.